The maximum Gasteiger partial charge on any atom is 0.306 e. The fraction of sp³-hybridized carbons (Fsp3) is 0.938. The molecule has 0 N–H and O–H groups in total. The van der Waals surface area contributed by atoms with Gasteiger partial charge in [-0.3, -0.25) is 14.4 Å². The average molecular weight is 765 g/mol. The first-order valence-electron chi connectivity index (χ1n) is 23.7. The van der Waals surface area contributed by atoms with Gasteiger partial charge in [-0.1, -0.05) is 215 Å². The van der Waals surface area contributed by atoms with Crippen LogP contribution in [0.15, 0.2) is 0 Å². The van der Waals surface area contributed by atoms with Crippen LogP contribution in [-0.4, -0.2) is 37.2 Å². The van der Waals surface area contributed by atoms with Gasteiger partial charge < -0.3 is 14.2 Å². The van der Waals surface area contributed by atoms with E-state index >= 15 is 0 Å². The summed E-state index contributed by atoms with van der Waals surface area (Å²) >= 11 is 0. The predicted molar refractivity (Wildman–Crippen MR) is 229 cm³/mol. The average Bonchev–Trinajstić information content (AvgIpc) is 3.15. The molecule has 0 amide bonds. The minimum absolute atomic E-state index is 0.0665. The Morgan fingerprint density at radius 2 is 0.648 bits per heavy atom. The molecule has 6 nitrogen and oxygen atoms in total. The minimum Gasteiger partial charge on any atom is -0.462 e. The number of hydrogen-bond acceptors (Lipinski definition) is 6. The fourth-order valence-corrected chi connectivity index (χ4v) is 6.99. The lowest BCUT2D eigenvalue weighted by Crippen LogP contribution is -2.30. The van der Waals surface area contributed by atoms with Gasteiger partial charge in [-0.2, -0.15) is 0 Å². The monoisotopic (exact) mass is 765 g/mol. The number of unbranched alkanes of at least 4 members (excludes halogenated alkanes) is 22. The van der Waals surface area contributed by atoms with Crippen molar-refractivity contribution in [1.29, 1.82) is 0 Å². The molecule has 0 saturated heterocycles. The van der Waals surface area contributed by atoms with Crippen LogP contribution in [0.3, 0.4) is 0 Å². The van der Waals surface area contributed by atoms with Crippen LogP contribution in [0, 0.1) is 17.8 Å². The number of rotatable bonds is 41. The quantitative estimate of drug-likeness (QED) is 0.0350. The molecule has 0 aliphatic carbocycles. The Kier molecular flexibility index (Phi) is 38.5. The van der Waals surface area contributed by atoms with Gasteiger partial charge in [0.2, 0.25) is 0 Å². The lowest BCUT2D eigenvalue weighted by atomic mass is 9.99. The van der Waals surface area contributed by atoms with Crippen molar-refractivity contribution in [2.75, 3.05) is 13.2 Å². The molecule has 0 aromatic rings. The van der Waals surface area contributed by atoms with E-state index in [-0.39, 0.29) is 31.1 Å². The van der Waals surface area contributed by atoms with E-state index in [2.05, 4.69) is 41.5 Å². The summed E-state index contributed by atoms with van der Waals surface area (Å²) in [6.45, 7) is 13.7. The third-order valence-corrected chi connectivity index (χ3v) is 11.4. The SMILES string of the molecule is CCC(C)CCCCCCCCCCCCC(=O)O[C@H](COC(=O)CCCCCCCCCCCC(C)C)COC(=O)CCCCCCCCC(C)CC. The molecule has 0 radical (unpaired) electrons. The van der Waals surface area contributed by atoms with Crippen LogP contribution in [0.5, 0.6) is 0 Å². The van der Waals surface area contributed by atoms with Crippen molar-refractivity contribution < 1.29 is 28.6 Å². The Bertz CT molecular complexity index is 841. The predicted octanol–water partition coefficient (Wildman–Crippen LogP) is 14.8. The molecule has 6 heteroatoms. The van der Waals surface area contributed by atoms with E-state index in [0.29, 0.717) is 19.3 Å². The van der Waals surface area contributed by atoms with Gasteiger partial charge in [0.1, 0.15) is 13.2 Å². The van der Waals surface area contributed by atoms with E-state index < -0.39 is 6.10 Å². The van der Waals surface area contributed by atoms with Crippen LogP contribution in [0.1, 0.15) is 253 Å². The Labute approximate surface area is 336 Å². The highest BCUT2D eigenvalue weighted by Crippen LogP contribution is 2.18. The third kappa shape index (κ3) is 38.7. The molecule has 0 bridgehead atoms. The van der Waals surface area contributed by atoms with E-state index in [1.54, 1.807) is 0 Å². The first-order chi connectivity index (χ1) is 26.2. The summed E-state index contributed by atoms with van der Waals surface area (Å²) < 4.78 is 16.7. The molecule has 0 aliphatic heterocycles. The van der Waals surface area contributed by atoms with Crippen LogP contribution in [0.4, 0.5) is 0 Å². The van der Waals surface area contributed by atoms with Crippen LogP contribution in [-0.2, 0) is 28.6 Å². The van der Waals surface area contributed by atoms with Crippen LogP contribution in [0.2, 0.25) is 0 Å². The summed E-state index contributed by atoms with van der Waals surface area (Å²) in [5, 5.41) is 0. The van der Waals surface area contributed by atoms with Crippen molar-refractivity contribution in [3.8, 4) is 0 Å². The van der Waals surface area contributed by atoms with Crippen molar-refractivity contribution in [3.05, 3.63) is 0 Å². The maximum atomic E-state index is 12.7. The van der Waals surface area contributed by atoms with E-state index in [1.165, 1.54) is 135 Å². The molecular weight excluding hydrogens is 673 g/mol. The van der Waals surface area contributed by atoms with Crippen LogP contribution < -0.4 is 0 Å². The highest BCUT2D eigenvalue weighted by Gasteiger charge is 2.19. The van der Waals surface area contributed by atoms with E-state index in [0.717, 1.165) is 75.5 Å². The first kappa shape index (κ1) is 52.4. The third-order valence-electron chi connectivity index (χ3n) is 11.4. The van der Waals surface area contributed by atoms with Gasteiger partial charge >= 0.3 is 17.9 Å². The molecule has 0 fully saturated rings. The molecule has 0 aromatic heterocycles. The zero-order valence-electron chi connectivity index (χ0n) is 37.0. The molecule has 0 heterocycles. The smallest absolute Gasteiger partial charge is 0.306 e. The zero-order valence-corrected chi connectivity index (χ0v) is 37.0. The Balaban J connectivity index is 4.35. The van der Waals surface area contributed by atoms with Crippen molar-refractivity contribution in [2.24, 2.45) is 17.8 Å². The standard InChI is InChI=1S/C48H92O6/c1-7-43(5)35-29-23-17-13-9-10-14-19-27-33-39-48(51)54-45(41-53-47(50)38-32-26-21-20-24-30-36-44(6)8-2)40-52-46(49)37-31-25-18-15-11-12-16-22-28-34-42(3)4/h42-45H,7-41H2,1-6H3/t43?,44?,45-/m1/s1. The number of ether oxygens (including phenoxy) is 3. The summed E-state index contributed by atoms with van der Waals surface area (Å²) in [5.41, 5.74) is 0. The van der Waals surface area contributed by atoms with Gasteiger partial charge in [0, 0.05) is 19.3 Å². The molecule has 0 rings (SSSR count). The highest BCUT2D eigenvalue weighted by molar-refractivity contribution is 5.71. The minimum atomic E-state index is -0.762. The summed E-state index contributed by atoms with van der Waals surface area (Å²) in [7, 11) is 0. The first-order valence-corrected chi connectivity index (χ1v) is 23.7. The molecular formula is C48H92O6. The van der Waals surface area contributed by atoms with Gasteiger partial charge in [0.25, 0.3) is 0 Å². The van der Waals surface area contributed by atoms with Gasteiger partial charge in [0.15, 0.2) is 6.10 Å². The van der Waals surface area contributed by atoms with Crippen molar-refractivity contribution >= 4 is 17.9 Å². The molecule has 0 aliphatic rings. The molecule has 0 spiro atoms. The largest absolute Gasteiger partial charge is 0.462 e. The molecule has 320 valence electrons. The highest BCUT2D eigenvalue weighted by atomic mass is 16.6. The lowest BCUT2D eigenvalue weighted by molar-refractivity contribution is -0.167. The van der Waals surface area contributed by atoms with Gasteiger partial charge in [-0.15, -0.1) is 0 Å². The molecule has 3 atom stereocenters. The topological polar surface area (TPSA) is 78.9 Å². The Hall–Kier alpha value is -1.59. The van der Waals surface area contributed by atoms with Crippen LogP contribution in [0.25, 0.3) is 0 Å². The van der Waals surface area contributed by atoms with Gasteiger partial charge in [-0.25, -0.2) is 0 Å². The fourth-order valence-electron chi connectivity index (χ4n) is 6.99. The summed E-state index contributed by atoms with van der Waals surface area (Å²) in [6.07, 6.45) is 36.5. The molecule has 0 saturated carbocycles. The van der Waals surface area contributed by atoms with Crippen molar-refractivity contribution in [2.45, 2.75) is 260 Å². The number of carbonyl (C=O) groups excluding carboxylic acids is 3. The van der Waals surface area contributed by atoms with Crippen LogP contribution >= 0.6 is 0 Å². The zero-order chi connectivity index (χ0) is 39.9. The second kappa shape index (κ2) is 39.6. The van der Waals surface area contributed by atoms with E-state index in [4.69, 9.17) is 14.2 Å². The van der Waals surface area contributed by atoms with Gasteiger partial charge in [-0.05, 0) is 37.0 Å². The second-order valence-electron chi connectivity index (χ2n) is 17.4. The Morgan fingerprint density at radius 1 is 0.370 bits per heavy atom. The molecule has 0 aromatic carbocycles. The number of carbonyl (C=O) groups is 3. The molecule has 2 unspecified atom stereocenters. The normalized spacial score (nSPS) is 13.2. The summed E-state index contributed by atoms with van der Waals surface area (Å²) in [6, 6.07) is 0. The second-order valence-corrected chi connectivity index (χ2v) is 17.4. The maximum absolute atomic E-state index is 12.7. The summed E-state index contributed by atoms with van der Waals surface area (Å²) in [4.78, 5) is 37.8. The van der Waals surface area contributed by atoms with Crippen molar-refractivity contribution in [3.63, 3.8) is 0 Å². The Morgan fingerprint density at radius 3 is 0.963 bits per heavy atom. The van der Waals surface area contributed by atoms with Crippen molar-refractivity contribution in [1.82, 2.24) is 0 Å². The lowest BCUT2D eigenvalue weighted by Gasteiger charge is -2.18. The summed E-state index contributed by atoms with van der Waals surface area (Å²) in [5.74, 6) is 1.63. The van der Waals surface area contributed by atoms with Gasteiger partial charge in [0.05, 0.1) is 0 Å². The van der Waals surface area contributed by atoms with E-state index in [9.17, 15) is 14.4 Å². The van der Waals surface area contributed by atoms with E-state index in [1.807, 2.05) is 0 Å². The molecule has 54 heavy (non-hydrogen) atoms. The number of esters is 3. The number of hydrogen-bond donors (Lipinski definition) is 0.